The molecule has 0 aliphatic rings. The smallest absolute Gasteiger partial charge is 0.512 e. The number of hydrogen-bond donors (Lipinski definition) is 2. The van der Waals surface area contributed by atoms with Crippen LogP contribution in [0.15, 0.2) is 12.1 Å². The van der Waals surface area contributed by atoms with Crippen LogP contribution in [0, 0.1) is 11.6 Å². The molecule has 0 radical (unpaired) electrons. The lowest BCUT2D eigenvalue weighted by Gasteiger charge is -2.08. The lowest BCUT2D eigenvalue weighted by Crippen LogP contribution is -2.20. The quantitative estimate of drug-likeness (QED) is 0.696. The Bertz CT molecular complexity index is 332. The van der Waals surface area contributed by atoms with Crippen LogP contribution in [-0.2, 0) is 0 Å². The molecule has 1 aromatic carbocycles. The fraction of sp³-hybridized carbons (Fsp3) is 0.143. The molecule has 14 heavy (non-hydrogen) atoms. The Balaban J connectivity index is 3.03. The van der Waals surface area contributed by atoms with E-state index < -0.39 is 19.0 Å². The summed E-state index contributed by atoms with van der Waals surface area (Å²) in [5, 5.41) is 16.8. The molecule has 0 unspecified atom stereocenters. The minimum absolute atomic E-state index is 0.240. The van der Waals surface area contributed by atoms with Gasteiger partial charge in [-0.1, -0.05) is 0 Å². The van der Waals surface area contributed by atoms with E-state index in [1.54, 1.807) is 0 Å². The van der Waals surface area contributed by atoms with Crippen LogP contribution in [0.5, 0.6) is 11.5 Å². The van der Waals surface area contributed by atoms with Gasteiger partial charge in [0.25, 0.3) is 0 Å². The molecule has 0 spiro atoms. The summed E-state index contributed by atoms with van der Waals surface area (Å²) in [5.41, 5.74) is 0. The standard InChI is InChI=1S/C7H7BF2O4/c1-13-6-3-4(14-8(11)12)2-5(9)7(6)10/h2-3,11-12H,1H3. The zero-order chi connectivity index (χ0) is 10.7. The van der Waals surface area contributed by atoms with Gasteiger partial charge in [0.1, 0.15) is 5.75 Å². The topological polar surface area (TPSA) is 58.9 Å². The summed E-state index contributed by atoms with van der Waals surface area (Å²) in [4.78, 5) is 0. The van der Waals surface area contributed by atoms with Gasteiger partial charge in [-0.2, -0.15) is 4.39 Å². The van der Waals surface area contributed by atoms with Crippen molar-refractivity contribution in [1.82, 2.24) is 0 Å². The molecule has 0 saturated carbocycles. The van der Waals surface area contributed by atoms with Crippen molar-refractivity contribution in [2.45, 2.75) is 0 Å². The molecule has 76 valence electrons. The lowest BCUT2D eigenvalue weighted by atomic mass is 10.2. The number of ether oxygens (including phenoxy) is 1. The second kappa shape index (κ2) is 4.25. The first kappa shape index (κ1) is 10.7. The van der Waals surface area contributed by atoms with Gasteiger partial charge in [0.15, 0.2) is 11.6 Å². The molecular weight excluding hydrogens is 197 g/mol. The third-order valence-corrected chi connectivity index (χ3v) is 1.43. The molecular formula is C7H7BF2O4. The molecule has 1 aromatic rings. The number of hydrogen-bond acceptors (Lipinski definition) is 4. The van der Waals surface area contributed by atoms with Crippen LogP contribution in [0.2, 0.25) is 0 Å². The van der Waals surface area contributed by atoms with Crippen LogP contribution in [0.3, 0.4) is 0 Å². The normalized spacial score (nSPS) is 9.79. The Morgan fingerprint density at radius 2 is 1.93 bits per heavy atom. The molecule has 2 N–H and O–H groups in total. The minimum Gasteiger partial charge on any atom is -0.512 e. The first-order valence-corrected chi connectivity index (χ1v) is 3.60. The molecule has 0 amide bonds. The molecule has 0 fully saturated rings. The van der Waals surface area contributed by atoms with Crippen LogP contribution in [0.25, 0.3) is 0 Å². The van der Waals surface area contributed by atoms with E-state index in [1.807, 2.05) is 0 Å². The predicted octanol–water partition coefficient (Wildman–Crippen LogP) is 0.322. The van der Waals surface area contributed by atoms with Crippen molar-refractivity contribution in [3.05, 3.63) is 23.8 Å². The van der Waals surface area contributed by atoms with E-state index in [-0.39, 0.29) is 11.5 Å². The molecule has 0 heterocycles. The Hall–Kier alpha value is -1.34. The van der Waals surface area contributed by atoms with E-state index in [2.05, 4.69) is 9.39 Å². The highest BCUT2D eigenvalue weighted by molar-refractivity contribution is 6.33. The Morgan fingerprint density at radius 1 is 1.29 bits per heavy atom. The SMILES string of the molecule is COc1cc(OB(O)O)cc(F)c1F. The van der Waals surface area contributed by atoms with Crippen molar-refractivity contribution in [3.8, 4) is 11.5 Å². The first-order chi connectivity index (χ1) is 6.54. The molecule has 1 rings (SSSR count). The van der Waals surface area contributed by atoms with Crippen molar-refractivity contribution in [2.75, 3.05) is 7.11 Å². The van der Waals surface area contributed by atoms with E-state index in [4.69, 9.17) is 10.0 Å². The van der Waals surface area contributed by atoms with Gasteiger partial charge < -0.3 is 19.4 Å². The van der Waals surface area contributed by atoms with Crippen LogP contribution in [0.4, 0.5) is 8.78 Å². The number of rotatable bonds is 3. The lowest BCUT2D eigenvalue weighted by molar-refractivity contribution is 0.285. The molecule has 0 bridgehead atoms. The average molecular weight is 204 g/mol. The van der Waals surface area contributed by atoms with Crippen LogP contribution < -0.4 is 9.39 Å². The second-order valence-electron chi connectivity index (χ2n) is 2.37. The predicted molar refractivity (Wildman–Crippen MR) is 43.7 cm³/mol. The molecule has 0 saturated heterocycles. The van der Waals surface area contributed by atoms with E-state index in [1.165, 1.54) is 0 Å². The second-order valence-corrected chi connectivity index (χ2v) is 2.37. The van der Waals surface area contributed by atoms with Crippen molar-refractivity contribution < 1.29 is 28.2 Å². The largest absolute Gasteiger partial charge is 0.707 e. The van der Waals surface area contributed by atoms with Gasteiger partial charge in [0.05, 0.1) is 7.11 Å². The highest BCUT2D eigenvalue weighted by atomic mass is 19.2. The van der Waals surface area contributed by atoms with Gasteiger partial charge >= 0.3 is 7.32 Å². The third-order valence-electron chi connectivity index (χ3n) is 1.43. The summed E-state index contributed by atoms with van der Waals surface area (Å²) in [6.07, 6.45) is 0. The summed E-state index contributed by atoms with van der Waals surface area (Å²) in [5.74, 6) is -2.97. The maximum absolute atomic E-state index is 12.8. The van der Waals surface area contributed by atoms with Gasteiger partial charge in [0, 0.05) is 12.1 Å². The summed E-state index contributed by atoms with van der Waals surface area (Å²) >= 11 is 0. The fourth-order valence-corrected chi connectivity index (χ4v) is 0.878. The Kier molecular flexibility index (Phi) is 3.26. The van der Waals surface area contributed by atoms with Gasteiger partial charge in [0.2, 0.25) is 5.82 Å². The fourth-order valence-electron chi connectivity index (χ4n) is 0.878. The summed E-state index contributed by atoms with van der Waals surface area (Å²) < 4.78 is 34.4. The zero-order valence-corrected chi connectivity index (χ0v) is 7.20. The zero-order valence-electron chi connectivity index (χ0n) is 7.20. The molecule has 4 nitrogen and oxygen atoms in total. The van der Waals surface area contributed by atoms with E-state index >= 15 is 0 Å². The van der Waals surface area contributed by atoms with E-state index in [9.17, 15) is 8.78 Å². The average Bonchev–Trinajstić information content (AvgIpc) is 2.10. The van der Waals surface area contributed by atoms with Gasteiger partial charge in [-0.25, -0.2) is 4.39 Å². The summed E-state index contributed by atoms with van der Waals surface area (Å²) in [7, 11) is -0.943. The van der Waals surface area contributed by atoms with Crippen molar-refractivity contribution in [2.24, 2.45) is 0 Å². The molecule has 7 heteroatoms. The van der Waals surface area contributed by atoms with E-state index in [0.717, 1.165) is 13.2 Å². The Labute approximate surface area is 78.9 Å². The van der Waals surface area contributed by atoms with Crippen LogP contribution >= 0.6 is 0 Å². The minimum atomic E-state index is -2.09. The Morgan fingerprint density at radius 3 is 2.43 bits per heavy atom. The number of benzene rings is 1. The van der Waals surface area contributed by atoms with Crippen LogP contribution in [0.1, 0.15) is 0 Å². The highest BCUT2D eigenvalue weighted by Crippen LogP contribution is 2.26. The van der Waals surface area contributed by atoms with Gasteiger partial charge in [-0.15, -0.1) is 0 Å². The van der Waals surface area contributed by atoms with Crippen molar-refractivity contribution in [1.29, 1.82) is 0 Å². The molecule has 0 atom stereocenters. The van der Waals surface area contributed by atoms with Crippen molar-refractivity contribution >= 4 is 7.32 Å². The van der Waals surface area contributed by atoms with E-state index in [0.29, 0.717) is 6.07 Å². The summed E-state index contributed by atoms with van der Waals surface area (Å²) in [6.45, 7) is 0. The highest BCUT2D eigenvalue weighted by Gasteiger charge is 2.16. The van der Waals surface area contributed by atoms with Gasteiger partial charge in [-0.05, 0) is 0 Å². The van der Waals surface area contributed by atoms with Gasteiger partial charge in [-0.3, -0.25) is 0 Å². The number of methoxy groups -OCH3 is 1. The first-order valence-electron chi connectivity index (χ1n) is 3.60. The molecule has 0 aliphatic carbocycles. The third kappa shape index (κ3) is 2.33. The maximum atomic E-state index is 12.8. The molecule has 0 aromatic heterocycles. The van der Waals surface area contributed by atoms with Crippen LogP contribution in [-0.4, -0.2) is 24.5 Å². The maximum Gasteiger partial charge on any atom is 0.707 e. The summed E-state index contributed by atoms with van der Waals surface area (Å²) in [6, 6.07) is 1.68. The number of halogens is 2. The molecule has 0 aliphatic heterocycles. The van der Waals surface area contributed by atoms with Crippen molar-refractivity contribution in [3.63, 3.8) is 0 Å². The monoisotopic (exact) mass is 204 g/mol.